The monoisotopic (exact) mass is 326 g/mol. The molecule has 0 bridgehead atoms. The van der Waals surface area contributed by atoms with Gasteiger partial charge in [0.1, 0.15) is 11.4 Å². The van der Waals surface area contributed by atoms with Gasteiger partial charge in [0.2, 0.25) is 5.88 Å². The number of hydrogen-bond donors (Lipinski definition) is 0. The molecule has 7 heteroatoms. The van der Waals surface area contributed by atoms with Gasteiger partial charge in [-0.05, 0) is 33.3 Å². The second-order valence-corrected chi connectivity index (χ2v) is 6.34. The van der Waals surface area contributed by atoms with Crippen LogP contribution in [0.5, 0.6) is 5.88 Å². The van der Waals surface area contributed by atoms with Crippen molar-refractivity contribution in [2.24, 2.45) is 0 Å². The molecule has 0 N–H and O–H groups in total. The number of methoxy groups -OCH3 is 1. The van der Waals surface area contributed by atoms with Crippen LogP contribution in [0.4, 0.5) is 9.18 Å². The lowest BCUT2D eigenvalue weighted by atomic mass is 10.0. The van der Waals surface area contributed by atoms with E-state index in [1.165, 1.54) is 13.2 Å². The summed E-state index contributed by atoms with van der Waals surface area (Å²) in [5.41, 5.74) is -0.0946. The Morgan fingerprint density at radius 3 is 2.83 bits per heavy atom. The van der Waals surface area contributed by atoms with Crippen molar-refractivity contribution in [2.75, 3.05) is 26.9 Å². The van der Waals surface area contributed by atoms with Crippen molar-refractivity contribution in [1.82, 2.24) is 9.88 Å². The smallest absolute Gasteiger partial charge is 0.410 e. The molecule has 1 aliphatic heterocycles. The van der Waals surface area contributed by atoms with Crippen LogP contribution in [-0.4, -0.2) is 48.4 Å². The molecule has 0 spiro atoms. The van der Waals surface area contributed by atoms with Gasteiger partial charge in [-0.3, -0.25) is 4.90 Å². The van der Waals surface area contributed by atoms with E-state index in [9.17, 15) is 9.18 Å². The van der Waals surface area contributed by atoms with Crippen LogP contribution in [0.15, 0.2) is 12.3 Å². The van der Waals surface area contributed by atoms with E-state index in [1.807, 2.05) is 0 Å². The molecule has 0 aromatic carbocycles. The summed E-state index contributed by atoms with van der Waals surface area (Å²) in [7, 11) is 1.47. The number of pyridine rings is 1. The number of halogens is 1. The maximum atomic E-state index is 13.7. The van der Waals surface area contributed by atoms with Gasteiger partial charge in [-0.25, -0.2) is 14.2 Å². The fourth-order valence-corrected chi connectivity index (χ4v) is 2.49. The van der Waals surface area contributed by atoms with Crippen LogP contribution < -0.4 is 4.74 Å². The van der Waals surface area contributed by atoms with Crippen LogP contribution >= 0.6 is 0 Å². The zero-order chi connectivity index (χ0) is 17.0. The Kier molecular flexibility index (Phi) is 5.41. The molecule has 1 aliphatic rings. The first-order chi connectivity index (χ1) is 10.8. The van der Waals surface area contributed by atoms with Gasteiger partial charge in [-0.2, -0.15) is 0 Å². The maximum Gasteiger partial charge on any atom is 0.410 e. The Hall–Kier alpha value is -1.89. The Morgan fingerprint density at radius 2 is 2.17 bits per heavy atom. The van der Waals surface area contributed by atoms with E-state index in [0.717, 1.165) is 6.20 Å². The standard InChI is InChI=1S/C16H23FN2O4/c1-16(2,3)23-15(20)19-6-8-22-7-5-13(19)12-9-11(17)10-18-14(12)21-4/h9-10,13H,5-8H2,1-4H3. The average Bonchev–Trinajstić information content (AvgIpc) is 2.71. The highest BCUT2D eigenvalue weighted by atomic mass is 19.1. The highest BCUT2D eigenvalue weighted by molar-refractivity contribution is 5.69. The SMILES string of the molecule is COc1ncc(F)cc1C1CCOCCN1C(=O)OC(C)(C)C. The summed E-state index contributed by atoms with van der Waals surface area (Å²) in [6.07, 6.45) is 1.15. The average molecular weight is 326 g/mol. The summed E-state index contributed by atoms with van der Waals surface area (Å²) in [5.74, 6) is -0.179. The van der Waals surface area contributed by atoms with Gasteiger partial charge in [0, 0.05) is 18.7 Å². The number of rotatable bonds is 2. The molecular formula is C16H23FN2O4. The molecule has 1 unspecified atom stereocenters. The van der Waals surface area contributed by atoms with Crippen LogP contribution in [0.25, 0.3) is 0 Å². The van der Waals surface area contributed by atoms with E-state index >= 15 is 0 Å². The predicted octanol–water partition coefficient (Wildman–Crippen LogP) is 2.93. The number of carbonyl (C=O) groups is 1. The van der Waals surface area contributed by atoms with E-state index in [4.69, 9.17) is 14.2 Å². The molecule has 1 aromatic heterocycles. The topological polar surface area (TPSA) is 60.9 Å². The van der Waals surface area contributed by atoms with Gasteiger partial charge in [-0.1, -0.05) is 0 Å². The van der Waals surface area contributed by atoms with Crippen molar-refractivity contribution >= 4 is 6.09 Å². The van der Waals surface area contributed by atoms with Gasteiger partial charge in [0.15, 0.2) is 0 Å². The Bertz CT molecular complexity index is 560. The molecule has 0 saturated carbocycles. The Balaban J connectivity index is 2.35. The molecule has 1 amide bonds. The zero-order valence-corrected chi connectivity index (χ0v) is 14.0. The minimum absolute atomic E-state index is 0.298. The van der Waals surface area contributed by atoms with Gasteiger partial charge >= 0.3 is 6.09 Å². The van der Waals surface area contributed by atoms with Gasteiger partial charge in [0.05, 0.1) is 26.0 Å². The minimum atomic E-state index is -0.612. The van der Waals surface area contributed by atoms with Crippen LogP contribution in [0, 0.1) is 5.82 Å². The van der Waals surface area contributed by atoms with Crippen molar-refractivity contribution in [3.05, 3.63) is 23.6 Å². The number of nitrogens with zero attached hydrogens (tertiary/aromatic N) is 2. The number of carbonyl (C=O) groups excluding carboxylic acids is 1. The van der Waals surface area contributed by atoms with Gasteiger partial charge in [-0.15, -0.1) is 0 Å². The largest absolute Gasteiger partial charge is 0.481 e. The van der Waals surface area contributed by atoms with Crippen molar-refractivity contribution in [3.8, 4) is 5.88 Å². The second-order valence-electron chi connectivity index (χ2n) is 6.34. The highest BCUT2D eigenvalue weighted by Crippen LogP contribution is 2.33. The van der Waals surface area contributed by atoms with Crippen molar-refractivity contribution < 1.29 is 23.4 Å². The lowest BCUT2D eigenvalue weighted by molar-refractivity contribution is 0.0156. The molecule has 2 heterocycles. The molecule has 6 nitrogen and oxygen atoms in total. The molecule has 0 aliphatic carbocycles. The first-order valence-corrected chi connectivity index (χ1v) is 7.58. The number of ether oxygens (including phenoxy) is 3. The summed E-state index contributed by atoms with van der Waals surface area (Å²) in [6.45, 7) is 6.64. The number of aromatic nitrogens is 1. The van der Waals surface area contributed by atoms with Crippen molar-refractivity contribution in [1.29, 1.82) is 0 Å². The first-order valence-electron chi connectivity index (χ1n) is 7.58. The normalized spacial score (nSPS) is 19.2. The van der Waals surface area contributed by atoms with Crippen LogP contribution in [-0.2, 0) is 9.47 Å². The van der Waals surface area contributed by atoms with Crippen LogP contribution in [0.1, 0.15) is 38.8 Å². The summed E-state index contributed by atoms with van der Waals surface area (Å²) in [6, 6.07) is 0.935. The fourth-order valence-electron chi connectivity index (χ4n) is 2.49. The predicted molar refractivity (Wildman–Crippen MR) is 81.9 cm³/mol. The molecule has 128 valence electrons. The molecule has 1 fully saturated rings. The molecule has 1 atom stereocenters. The van der Waals surface area contributed by atoms with Gasteiger partial charge < -0.3 is 14.2 Å². The molecule has 2 rings (SSSR count). The second kappa shape index (κ2) is 7.12. The summed E-state index contributed by atoms with van der Waals surface area (Å²) >= 11 is 0. The van der Waals surface area contributed by atoms with Gasteiger partial charge in [0.25, 0.3) is 0 Å². The van der Waals surface area contributed by atoms with Crippen LogP contribution in [0.2, 0.25) is 0 Å². The third-order valence-electron chi connectivity index (χ3n) is 3.41. The number of hydrogen-bond acceptors (Lipinski definition) is 5. The lowest BCUT2D eigenvalue weighted by Gasteiger charge is -2.32. The molecule has 1 aromatic rings. The van der Waals surface area contributed by atoms with Crippen molar-refractivity contribution in [2.45, 2.75) is 38.8 Å². The number of amides is 1. The van der Waals surface area contributed by atoms with Crippen molar-refractivity contribution in [3.63, 3.8) is 0 Å². The molecule has 0 radical (unpaired) electrons. The molecule has 23 heavy (non-hydrogen) atoms. The van der Waals surface area contributed by atoms with E-state index in [0.29, 0.717) is 37.6 Å². The van der Waals surface area contributed by atoms with E-state index < -0.39 is 23.6 Å². The quantitative estimate of drug-likeness (QED) is 0.836. The first kappa shape index (κ1) is 17.5. The highest BCUT2D eigenvalue weighted by Gasteiger charge is 2.33. The van der Waals surface area contributed by atoms with E-state index in [2.05, 4.69) is 4.98 Å². The zero-order valence-electron chi connectivity index (χ0n) is 14.0. The molecular weight excluding hydrogens is 303 g/mol. The third kappa shape index (κ3) is 4.54. The maximum absolute atomic E-state index is 13.7. The van der Waals surface area contributed by atoms with Crippen LogP contribution in [0.3, 0.4) is 0 Å². The summed E-state index contributed by atoms with van der Waals surface area (Å²) < 4.78 is 29.8. The third-order valence-corrected chi connectivity index (χ3v) is 3.41. The summed E-state index contributed by atoms with van der Waals surface area (Å²) in [5, 5.41) is 0. The Morgan fingerprint density at radius 1 is 1.43 bits per heavy atom. The fraction of sp³-hybridized carbons (Fsp3) is 0.625. The molecule has 1 saturated heterocycles. The van der Waals surface area contributed by atoms with E-state index in [-0.39, 0.29) is 0 Å². The lowest BCUT2D eigenvalue weighted by Crippen LogP contribution is -2.40. The Labute approximate surface area is 135 Å². The van der Waals surface area contributed by atoms with E-state index in [1.54, 1.807) is 25.7 Å². The minimum Gasteiger partial charge on any atom is -0.481 e. The summed E-state index contributed by atoms with van der Waals surface area (Å²) in [4.78, 5) is 18.0.